The molecule has 2 aliphatic carbocycles. The van der Waals surface area contributed by atoms with Crippen LogP contribution in [0.25, 0.3) is 0 Å². The molecule has 2 rings (SSSR count). The first kappa shape index (κ1) is 14.8. The average molecular weight is 267 g/mol. The van der Waals surface area contributed by atoms with Gasteiger partial charge in [0, 0.05) is 12.0 Å². The molecule has 4 unspecified atom stereocenters. The second-order valence-corrected chi connectivity index (χ2v) is 7.62. The molecule has 0 aromatic carbocycles. The molecular weight excluding hydrogens is 238 g/mol. The fourth-order valence-electron chi connectivity index (χ4n) is 3.95. The maximum absolute atomic E-state index is 12.4. The van der Waals surface area contributed by atoms with Crippen molar-refractivity contribution >= 4 is 5.97 Å². The van der Waals surface area contributed by atoms with Crippen LogP contribution in [-0.4, -0.2) is 18.6 Å². The van der Waals surface area contributed by atoms with E-state index in [1.807, 2.05) is 13.8 Å². The predicted molar refractivity (Wildman–Crippen MR) is 76.6 cm³/mol. The zero-order chi connectivity index (χ0) is 14.5. The predicted octanol–water partition coefficient (Wildman–Crippen LogP) is 3.12. The molecule has 0 aromatic heterocycles. The van der Waals surface area contributed by atoms with Crippen LogP contribution >= 0.6 is 0 Å². The molecule has 3 nitrogen and oxygen atoms in total. The van der Waals surface area contributed by atoms with Gasteiger partial charge < -0.3 is 10.5 Å². The number of nitrogens with two attached hydrogens (primary N) is 1. The van der Waals surface area contributed by atoms with Crippen molar-refractivity contribution in [2.75, 3.05) is 6.54 Å². The molecule has 2 fully saturated rings. The Morgan fingerprint density at radius 1 is 1.42 bits per heavy atom. The fourth-order valence-corrected chi connectivity index (χ4v) is 3.95. The third-order valence-electron chi connectivity index (χ3n) is 6.69. The van der Waals surface area contributed by atoms with E-state index in [0.717, 1.165) is 12.8 Å². The maximum atomic E-state index is 12.4. The summed E-state index contributed by atoms with van der Waals surface area (Å²) in [6.45, 7) is 11.2. The van der Waals surface area contributed by atoms with E-state index in [-0.39, 0.29) is 22.9 Å². The van der Waals surface area contributed by atoms with Crippen molar-refractivity contribution in [1.82, 2.24) is 0 Å². The Labute approximate surface area is 117 Å². The smallest absolute Gasteiger partial charge is 0.313 e. The van der Waals surface area contributed by atoms with E-state index in [1.54, 1.807) is 0 Å². The van der Waals surface area contributed by atoms with Crippen LogP contribution in [0.15, 0.2) is 0 Å². The van der Waals surface area contributed by atoms with Gasteiger partial charge in [0.25, 0.3) is 0 Å². The van der Waals surface area contributed by atoms with Crippen LogP contribution in [0.3, 0.4) is 0 Å². The molecule has 2 aliphatic rings. The molecule has 0 saturated heterocycles. The van der Waals surface area contributed by atoms with E-state index >= 15 is 0 Å². The van der Waals surface area contributed by atoms with Gasteiger partial charge >= 0.3 is 5.97 Å². The number of carbonyl (C=O) groups excluding carboxylic acids is 1. The van der Waals surface area contributed by atoms with Gasteiger partial charge in [0.2, 0.25) is 0 Å². The Morgan fingerprint density at radius 3 is 2.42 bits per heavy atom. The van der Waals surface area contributed by atoms with Gasteiger partial charge in [-0.1, -0.05) is 27.7 Å². The molecule has 0 amide bonds. The summed E-state index contributed by atoms with van der Waals surface area (Å²) < 4.78 is 5.91. The van der Waals surface area contributed by atoms with Gasteiger partial charge in [-0.25, -0.2) is 0 Å². The molecule has 3 heteroatoms. The average Bonchev–Trinajstić information content (AvgIpc) is 2.70. The lowest BCUT2D eigenvalue weighted by molar-refractivity contribution is -0.168. The topological polar surface area (TPSA) is 52.3 Å². The highest BCUT2D eigenvalue weighted by Gasteiger charge is 2.63. The number of hydrogen-bond acceptors (Lipinski definition) is 3. The Kier molecular flexibility index (Phi) is 3.49. The highest BCUT2D eigenvalue weighted by molar-refractivity contribution is 5.77. The van der Waals surface area contributed by atoms with Crippen LogP contribution < -0.4 is 5.73 Å². The van der Waals surface area contributed by atoms with Crippen molar-refractivity contribution < 1.29 is 9.53 Å². The van der Waals surface area contributed by atoms with E-state index < -0.39 is 5.41 Å². The van der Waals surface area contributed by atoms with Gasteiger partial charge in [-0.15, -0.1) is 0 Å². The van der Waals surface area contributed by atoms with Crippen molar-refractivity contribution in [3.8, 4) is 0 Å². The summed E-state index contributed by atoms with van der Waals surface area (Å²) in [6, 6.07) is 0. The van der Waals surface area contributed by atoms with Crippen LogP contribution in [0.1, 0.15) is 60.3 Å². The molecular formula is C16H29NO2. The summed E-state index contributed by atoms with van der Waals surface area (Å²) in [5.74, 6) is 0.591. The SMILES string of the molecule is CCC(C)(CN)C(=O)OC1CC2CCC1(C)C2(C)C. The van der Waals surface area contributed by atoms with Crippen molar-refractivity contribution in [3.63, 3.8) is 0 Å². The monoisotopic (exact) mass is 267 g/mol. The molecule has 4 atom stereocenters. The first-order chi connectivity index (χ1) is 8.71. The van der Waals surface area contributed by atoms with Crippen molar-refractivity contribution in [3.05, 3.63) is 0 Å². The van der Waals surface area contributed by atoms with Crippen molar-refractivity contribution in [1.29, 1.82) is 0 Å². The lowest BCUT2D eigenvalue weighted by Gasteiger charge is -2.39. The number of fused-ring (bicyclic) bond motifs is 2. The molecule has 0 spiro atoms. The number of rotatable bonds is 4. The van der Waals surface area contributed by atoms with E-state index in [4.69, 9.17) is 10.5 Å². The van der Waals surface area contributed by atoms with E-state index in [0.29, 0.717) is 12.5 Å². The molecule has 2 bridgehead atoms. The number of ether oxygens (including phenoxy) is 1. The zero-order valence-corrected chi connectivity index (χ0v) is 13.1. The minimum Gasteiger partial charge on any atom is -0.461 e. The molecule has 0 radical (unpaired) electrons. The minimum atomic E-state index is -0.525. The van der Waals surface area contributed by atoms with Crippen LogP contribution in [0, 0.1) is 22.2 Å². The summed E-state index contributed by atoms with van der Waals surface area (Å²) in [6.07, 6.45) is 4.29. The Bertz CT molecular complexity index is 373. The third-order valence-corrected chi connectivity index (χ3v) is 6.69. The lowest BCUT2D eigenvalue weighted by Crippen LogP contribution is -2.43. The Hall–Kier alpha value is -0.570. The standard InChI is InChI=1S/C16H29NO2/c1-6-15(4,10-17)13(18)19-12-9-11-7-8-16(12,5)14(11,2)3/h11-12H,6-10,17H2,1-5H3. The van der Waals surface area contributed by atoms with Crippen LogP contribution in [0.4, 0.5) is 0 Å². The molecule has 0 aromatic rings. The molecule has 19 heavy (non-hydrogen) atoms. The second kappa shape index (κ2) is 4.47. The van der Waals surface area contributed by atoms with Crippen LogP contribution in [-0.2, 0) is 9.53 Å². The van der Waals surface area contributed by atoms with Crippen molar-refractivity contribution in [2.24, 2.45) is 27.9 Å². The second-order valence-electron chi connectivity index (χ2n) is 7.62. The van der Waals surface area contributed by atoms with Crippen molar-refractivity contribution in [2.45, 2.75) is 66.4 Å². The normalized spacial score (nSPS) is 39.1. The summed E-state index contributed by atoms with van der Waals surface area (Å²) >= 11 is 0. The Balaban J connectivity index is 2.12. The molecule has 0 heterocycles. The molecule has 110 valence electrons. The van der Waals surface area contributed by atoms with Crippen LogP contribution in [0.5, 0.6) is 0 Å². The van der Waals surface area contributed by atoms with Gasteiger partial charge in [0.1, 0.15) is 6.10 Å². The maximum Gasteiger partial charge on any atom is 0.313 e. The first-order valence-electron chi connectivity index (χ1n) is 7.62. The fraction of sp³-hybridized carbons (Fsp3) is 0.938. The minimum absolute atomic E-state index is 0.0752. The largest absolute Gasteiger partial charge is 0.461 e. The van der Waals surface area contributed by atoms with Gasteiger partial charge in [0.05, 0.1) is 5.41 Å². The molecule has 2 N–H and O–H groups in total. The Morgan fingerprint density at radius 2 is 2.05 bits per heavy atom. The van der Waals surface area contributed by atoms with Gasteiger partial charge in [0.15, 0.2) is 0 Å². The summed E-state index contributed by atoms with van der Waals surface area (Å²) in [7, 11) is 0. The van der Waals surface area contributed by atoms with Gasteiger partial charge in [-0.3, -0.25) is 4.79 Å². The van der Waals surface area contributed by atoms with Gasteiger partial charge in [-0.2, -0.15) is 0 Å². The molecule has 0 aliphatic heterocycles. The summed E-state index contributed by atoms with van der Waals surface area (Å²) in [4.78, 5) is 12.4. The lowest BCUT2D eigenvalue weighted by atomic mass is 9.70. The van der Waals surface area contributed by atoms with Gasteiger partial charge in [-0.05, 0) is 43.9 Å². The quantitative estimate of drug-likeness (QED) is 0.796. The first-order valence-corrected chi connectivity index (χ1v) is 7.62. The highest BCUT2D eigenvalue weighted by atomic mass is 16.5. The summed E-state index contributed by atoms with van der Waals surface area (Å²) in [5.41, 5.74) is 5.65. The zero-order valence-electron chi connectivity index (χ0n) is 13.1. The van der Waals surface area contributed by atoms with Crippen LogP contribution in [0.2, 0.25) is 0 Å². The van der Waals surface area contributed by atoms with E-state index in [1.165, 1.54) is 12.8 Å². The summed E-state index contributed by atoms with van der Waals surface area (Å²) in [5, 5.41) is 0. The van der Waals surface area contributed by atoms with E-state index in [9.17, 15) is 4.79 Å². The molecule has 2 saturated carbocycles. The number of hydrogen-bond donors (Lipinski definition) is 1. The highest BCUT2D eigenvalue weighted by Crippen LogP contribution is 2.66. The van der Waals surface area contributed by atoms with E-state index in [2.05, 4.69) is 20.8 Å². The number of esters is 1. The third kappa shape index (κ3) is 1.93. The number of carbonyl (C=O) groups is 1.